The number of aliphatic hydroxyl groups excluding tert-OH is 1. The van der Waals surface area contributed by atoms with E-state index in [0.717, 1.165) is 38.5 Å². The van der Waals surface area contributed by atoms with E-state index < -0.39 is 0 Å². The highest BCUT2D eigenvalue weighted by Crippen LogP contribution is 2.40. The lowest BCUT2D eigenvalue weighted by atomic mass is 9.86. The number of unbranched alkanes of at least 4 members (excludes halogenated alkanes) is 1. The average Bonchev–Trinajstić information content (AvgIpc) is 3.00. The Hall–Kier alpha value is -1.87. The lowest BCUT2D eigenvalue weighted by Crippen LogP contribution is -2.21. The molecule has 0 heterocycles. The van der Waals surface area contributed by atoms with Gasteiger partial charge in [-0.2, -0.15) is 0 Å². The zero-order chi connectivity index (χ0) is 21.8. The first kappa shape index (κ1) is 24.4. The maximum atomic E-state index is 11.5. The minimum atomic E-state index is -0.214. The van der Waals surface area contributed by atoms with Gasteiger partial charge in [0.05, 0.1) is 6.10 Å². The second kappa shape index (κ2) is 13.4. The molecule has 1 aromatic rings. The summed E-state index contributed by atoms with van der Waals surface area (Å²) in [4.78, 5) is 11.5. The molecule has 5 atom stereocenters. The summed E-state index contributed by atoms with van der Waals surface area (Å²) < 4.78 is 0. The van der Waals surface area contributed by atoms with Crippen molar-refractivity contribution in [3.8, 4) is 0 Å². The Kier molecular flexibility index (Phi) is 10.9. The molecule has 4 unspecified atom stereocenters. The molecule has 1 aromatic carbocycles. The third-order valence-corrected chi connectivity index (χ3v) is 6.38. The predicted octanol–water partition coefficient (Wildman–Crippen LogP) is 5.70. The second-order valence-corrected chi connectivity index (χ2v) is 8.96. The van der Waals surface area contributed by atoms with Gasteiger partial charge in [-0.1, -0.05) is 68.5 Å². The fraction of sp³-hybridized carbons (Fsp3) is 0.593. The topological polar surface area (TPSA) is 49.3 Å². The molecule has 1 amide bonds. The molecule has 1 saturated carbocycles. The highest BCUT2D eigenvalue weighted by Gasteiger charge is 2.37. The summed E-state index contributed by atoms with van der Waals surface area (Å²) in [5.41, 5.74) is 1.40. The Morgan fingerprint density at radius 1 is 1.27 bits per heavy atom. The van der Waals surface area contributed by atoms with Gasteiger partial charge in [-0.25, -0.2) is 0 Å². The van der Waals surface area contributed by atoms with E-state index in [9.17, 15) is 9.90 Å². The number of nitrogens with one attached hydrogen (secondary N) is 1. The minimum Gasteiger partial charge on any atom is -0.393 e. The number of carbonyl (C=O) groups excluding carboxylic acids is 1. The monoisotopic (exact) mass is 411 g/mol. The van der Waals surface area contributed by atoms with Crippen LogP contribution in [0.4, 0.5) is 0 Å². The van der Waals surface area contributed by atoms with Crippen LogP contribution in [0.1, 0.15) is 64.9 Å². The molecule has 0 spiro atoms. The number of hydrogen-bond acceptors (Lipinski definition) is 2. The first-order chi connectivity index (χ1) is 14.5. The van der Waals surface area contributed by atoms with Crippen LogP contribution in [0, 0.1) is 23.7 Å². The number of hydrogen-bond donors (Lipinski definition) is 2. The summed E-state index contributed by atoms with van der Waals surface area (Å²) in [5, 5.41) is 13.4. The number of rotatable bonds is 12. The van der Waals surface area contributed by atoms with Crippen molar-refractivity contribution in [2.75, 3.05) is 6.54 Å². The summed E-state index contributed by atoms with van der Waals surface area (Å²) in [5.74, 6) is 1.95. The molecule has 1 aliphatic carbocycles. The molecule has 30 heavy (non-hydrogen) atoms. The zero-order valence-corrected chi connectivity index (χ0v) is 19.1. The van der Waals surface area contributed by atoms with E-state index in [4.69, 9.17) is 0 Å². The van der Waals surface area contributed by atoms with Crippen molar-refractivity contribution in [3.63, 3.8) is 0 Å². The molecule has 0 saturated heterocycles. The van der Waals surface area contributed by atoms with E-state index in [2.05, 4.69) is 73.8 Å². The summed E-state index contributed by atoms with van der Waals surface area (Å²) in [6, 6.07) is 10.7. The lowest BCUT2D eigenvalue weighted by molar-refractivity contribution is -0.121. The number of benzene rings is 1. The van der Waals surface area contributed by atoms with E-state index in [1.165, 1.54) is 5.56 Å². The molecule has 0 radical (unpaired) electrons. The normalized spacial score (nSPS) is 25.2. The number of carbonyl (C=O) groups is 1. The van der Waals surface area contributed by atoms with Gasteiger partial charge in [0, 0.05) is 13.0 Å². The van der Waals surface area contributed by atoms with Crippen LogP contribution >= 0.6 is 0 Å². The Morgan fingerprint density at radius 2 is 2.03 bits per heavy atom. The van der Waals surface area contributed by atoms with Crippen molar-refractivity contribution in [3.05, 3.63) is 60.2 Å². The Balaban J connectivity index is 1.78. The van der Waals surface area contributed by atoms with Crippen LogP contribution in [-0.2, 0) is 11.2 Å². The van der Waals surface area contributed by atoms with Crippen LogP contribution in [0.25, 0.3) is 0 Å². The molecule has 3 heteroatoms. The minimum absolute atomic E-state index is 0.137. The third-order valence-electron chi connectivity index (χ3n) is 6.38. The largest absolute Gasteiger partial charge is 0.393 e. The van der Waals surface area contributed by atoms with Gasteiger partial charge in [-0.05, 0) is 74.7 Å². The van der Waals surface area contributed by atoms with Gasteiger partial charge in [-0.15, -0.1) is 0 Å². The summed E-state index contributed by atoms with van der Waals surface area (Å²) in [6.07, 6.45) is 15.4. The van der Waals surface area contributed by atoms with Crippen molar-refractivity contribution in [1.82, 2.24) is 5.32 Å². The quantitative estimate of drug-likeness (QED) is 0.342. The highest BCUT2D eigenvalue weighted by molar-refractivity contribution is 5.75. The van der Waals surface area contributed by atoms with Crippen molar-refractivity contribution in [2.45, 2.75) is 71.8 Å². The summed E-state index contributed by atoms with van der Waals surface area (Å²) in [7, 11) is 0. The van der Waals surface area contributed by atoms with Gasteiger partial charge in [0.2, 0.25) is 5.91 Å². The number of aliphatic hydroxyl groups is 1. The van der Waals surface area contributed by atoms with Crippen molar-refractivity contribution in [1.29, 1.82) is 0 Å². The molecule has 0 aliphatic heterocycles. The molecular weight excluding hydrogens is 370 g/mol. The molecule has 2 rings (SSSR count). The SMILES string of the molecule is CCNC(=O)CCC/C=C\CC1C(O)CC(C)[C@@H]1/C=C/C(C)CCc1ccccc1. The molecular formula is C27H41NO2. The van der Waals surface area contributed by atoms with Gasteiger partial charge in [0.15, 0.2) is 0 Å². The van der Waals surface area contributed by atoms with E-state index in [1.807, 2.05) is 6.92 Å². The molecule has 166 valence electrons. The van der Waals surface area contributed by atoms with Crippen LogP contribution in [0.15, 0.2) is 54.6 Å². The van der Waals surface area contributed by atoms with Gasteiger partial charge < -0.3 is 10.4 Å². The van der Waals surface area contributed by atoms with E-state index in [0.29, 0.717) is 36.6 Å². The molecule has 0 aromatic heterocycles. The molecule has 3 nitrogen and oxygen atoms in total. The number of allylic oxidation sites excluding steroid dienone is 4. The number of amides is 1. The molecule has 1 fully saturated rings. The molecule has 1 aliphatic rings. The Bertz CT molecular complexity index is 667. The van der Waals surface area contributed by atoms with Crippen molar-refractivity contribution < 1.29 is 9.90 Å². The van der Waals surface area contributed by atoms with Gasteiger partial charge in [0.25, 0.3) is 0 Å². The first-order valence-corrected chi connectivity index (χ1v) is 11.8. The summed E-state index contributed by atoms with van der Waals surface area (Å²) >= 11 is 0. The average molecular weight is 412 g/mol. The molecule has 0 bridgehead atoms. The maximum Gasteiger partial charge on any atom is 0.219 e. The lowest BCUT2D eigenvalue weighted by Gasteiger charge is -2.20. The van der Waals surface area contributed by atoms with Gasteiger partial charge in [0.1, 0.15) is 0 Å². The van der Waals surface area contributed by atoms with Crippen LogP contribution in [-0.4, -0.2) is 23.7 Å². The fourth-order valence-corrected chi connectivity index (χ4v) is 4.53. The van der Waals surface area contributed by atoms with Crippen LogP contribution in [0.2, 0.25) is 0 Å². The van der Waals surface area contributed by atoms with E-state index in [1.54, 1.807) is 0 Å². The van der Waals surface area contributed by atoms with E-state index >= 15 is 0 Å². The molecule has 2 N–H and O–H groups in total. The first-order valence-electron chi connectivity index (χ1n) is 11.8. The maximum absolute atomic E-state index is 11.5. The van der Waals surface area contributed by atoms with Crippen molar-refractivity contribution >= 4 is 5.91 Å². The highest BCUT2D eigenvalue weighted by atomic mass is 16.3. The van der Waals surface area contributed by atoms with Crippen LogP contribution < -0.4 is 5.32 Å². The Labute approximate surface area is 183 Å². The fourth-order valence-electron chi connectivity index (χ4n) is 4.53. The van der Waals surface area contributed by atoms with Gasteiger partial charge >= 0.3 is 0 Å². The standard InChI is InChI=1S/C27H41NO2/c1-4-28-27(30)15-11-6-5-10-14-25-24(22(3)20-26(25)29)19-17-21(2)16-18-23-12-8-7-9-13-23/h5,7-10,12-13,17,19,21-22,24-26,29H,4,6,11,14-16,18,20H2,1-3H3,(H,28,30)/b10-5-,19-17+/t21?,22?,24-,25?,26?/m0/s1. The predicted molar refractivity (Wildman–Crippen MR) is 126 cm³/mol. The summed E-state index contributed by atoms with van der Waals surface area (Å²) in [6.45, 7) is 7.20. The van der Waals surface area contributed by atoms with Gasteiger partial charge in [-0.3, -0.25) is 4.79 Å². The van der Waals surface area contributed by atoms with E-state index in [-0.39, 0.29) is 12.0 Å². The number of aryl methyl sites for hydroxylation is 1. The Morgan fingerprint density at radius 3 is 2.77 bits per heavy atom. The van der Waals surface area contributed by atoms with Crippen LogP contribution in [0.5, 0.6) is 0 Å². The third kappa shape index (κ3) is 8.47. The smallest absolute Gasteiger partial charge is 0.219 e. The van der Waals surface area contributed by atoms with Crippen LogP contribution in [0.3, 0.4) is 0 Å². The second-order valence-electron chi connectivity index (χ2n) is 8.96. The zero-order valence-electron chi connectivity index (χ0n) is 19.1. The van der Waals surface area contributed by atoms with Crippen molar-refractivity contribution in [2.24, 2.45) is 23.7 Å².